The number of rotatable bonds is 6. The molecule has 0 unspecified atom stereocenters. The van der Waals surface area contributed by atoms with Gasteiger partial charge in [0.15, 0.2) is 5.65 Å². The number of urea groups is 1. The summed E-state index contributed by atoms with van der Waals surface area (Å²) in [5.74, 6) is 0.864. The molecule has 1 atom stereocenters. The quantitative estimate of drug-likeness (QED) is 0.714. The highest BCUT2D eigenvalue weighted by atomic mass is 16.2. The van der Waals surface area contributed by atoms with E-state index in [0.717, 1.165) is 29.0 Å². The molecule has 3 aromatic rings. The van der Waals surface area contributed by atoms with Gasteiger partial charge in [-0.05, 0) is 32.4 Å². The van der Waals surface area contributed by atoms with Gasteiger partial charge in [0, 0.05) is 30.9 Å². The van der Waals surface area contributed by atoms with Crippen molar-refractivity contribution in [2.24, 2.45) is 0 Å². The van der Waals surface area contributed by atoms with E-state index in [1.165, 1.54) is 5.56 Å². The Morgan fingerprint density at radius 2 is 2.00 bits per heavy atom. The highest BCUT2D eigenvalue weighted by molar-refractivity contribution is 5.77. The Morgan fingerprint density at radius 1 is 1.23 bits per heavy atom. The van der Waals surface area contributed by atoms with Crippen LogP contribution in [0.4, 0.5) is 4.79 Å². The van der Waals surface area contributed by atoms with Crippen LogP contribution in [0.5, 0.6) is 0 Å². The molecule has 0 aliphatic carbocycles. The number of carbonyl (C=O) groups is 1. The molecule has 2 heterocycles. The van der Waals surface area contributed by atoms with Gasteiger partial charge < -0.3 is 15.2 Å². The molecule has 0 radical (unpaired) electrons. The third kappa shape index (κ3) is 4.02. The topological polar surface area (TPSA) is 71.8 Å². The van der Waals surface area contributed by atoms with E-state index in [1.807, 2.05) is 26.0 Å². The maximum atomic E-state index is 11.9. The molecule has 0 saturated heterocycles. The summed E-state index contributed by atoms with van der Waals surface area (Å²) in [6, 6.07) is 12.1. The van der Waals surface area contributed by atoms with Crippen molar-refractivity contribution in [3.8, 4) is 11.4 Å². The van der Waals surface area contributed by atoms with Gasteiger partial charge in [0.05, 0.1) is 0 Å². The van der Waals surface area contributed by atoms with Crippen LogP contribution >= 0.6 is 0 Å². The van der Waals surface area contributed by atoms with Crippen LogP contribution in [0.25, 0.3) is 22.6 Å². The van der Waals surface area contributed by atoms with Gasteiger partial charge in [0.1, 0.15) is 11.3 Å². The van der Waals surface area contributed by atoms with E-state index in [1.54, 1.807) is 6.20 Å². The largest absolute Gasteiger partial charge is 0.336 e. The minimum absolute atomic E-state index is 0.145. The summed E-state index contributed by atoms with van der Waals surface area (Å²) in [7, 11) is 0. The first-order valence-corrected chi connectivity index (χ1v) is 9.01. The zero-order valence-corrected chi connectivity index (χ0v) is 15.5. The highest BCUT2D eigenvalue weighted by Crippen LogP contribution is 2.23. The lowest BCUT2D eigenvalue weighted by Crippen LogP contribution is -2.41. The number of hydrogen-bond acceptors (Lipinski definition) is 3. The first-order valence-electron chi connectivity index (χ1n) is 9.01. The van der Waals surface area contributed by atoms with E-state index in [2.05, 4.69) is 51.4 Å². The van der Waals surface area contributed by atoms with Crippen LogP contribution in [0.15, 0.2) is 42.6 Å². The number of nitrogens with zero attached hydrogens (tertiary/aromatic N) is 3. The van der Waals surface area contributed by atoms with Crippen molar-refractivity contribution in [1.29, 1.82) is 0 Å². The van der Waals surface area contributed by atoms with Gasteiger partial charge in [-0.3, -0.25) is 0 Å². The number of aromatic nitrogens is 3. The normalized spacial score (nSPS) is 12.1. The maximum absolute atomic E-state index is 11.9. The van der Waals surface area contributed by atoms with Crippen molar-refractivity contribution in [1.82, 2.24) is 25.2 Å². The number of fused-ring (bicyclic) bond motifs is 1. The van der Waals surface area contributed by atoms with Gasteiger partial charge in [-0.25, -0.2) is 14.8 Å². The van der Waals surface area contributed by atoms with Crippen LogP contribution in [0.3, 0.4) is 0 Å². The average Bonchev–Trinajstić information content (AvgIpc) is 3.01. The first-order chi connectivity index (χ1) is 12.6. The third-order valence-corrected chi connectivity index (χ3v) is 4.42. The highest BCUT2D eigenvalue weighted by Gasteiger charge is 2.13. The smallest absolute Gasteiger partial charge is 0.315 e. The molecule has 6 heteroatoms. The predicted molar refractivity (Wildman–Crippen MR) is 104 cm³/mol. The molecule has 0 saturated carbocycles. The van der Waals surface area contributed by atoms with Gasteiger partial charge in [-0.15, -0.1) is 0 Å². The van der Waals surface area contributed by atoms with Gasteiger partial charge >= 0.3 is 6.03 Å². The van der Waals surface area contributed by atoms with Crippen LogP contribution in [0, 0.1) is 6.92 Å². The fraction of sp³-hybridized carbons (Fsp3) is 0.350. The van der Waals surface area contributed by atoms with Crippen LogP contribution in [0.2, 0.25) is 0 Å². The third-order valence-electron chi connectivity index (χ3n) is 4.42. The molecule has 0 aliphatic rings. The lowest BCUT2D eigenvalue weighted by Gasteiger charge is -2.13. The molecule has 1 aromatic carbocycles. The Kier molecular flexibility index (Phi) is 5.51. The molecule has 0 spiro atoms. The zero-order chi connectivity index (χ0) is 18.5. The minimum atomic E-state index is -0.145. The van der Waals surface area contributed by atoms with Crippen LogP contribution < -0.4 is 10.6 Å². The van der Waals surface area contributed by atoms with Crippen molar-refractivity contribution in [2.45, 2.75) is 39.8 Å². The number of nitrogens with one attached hydrogen (secondary N) is 2. The molecule has 0 fully saturated rings. The Hall–Kier alpha value is -2.89. The first kappa shape index (κ1) is 17.9. The summed E-state index contributed by atoms with van der Waals surface area (Å²) >= 11 is 0. The number of aryl methyl sites for hydroxylation is 1. The molecule has 3 rings (SSSR count). The molecular formula is C20H25N5O. The van der Waals surface area contributed by atoms with E-state index >= 15 is 0 Å². The van der Waals surface area contributed by atoms with Crippen molar-refractivity contribution < 1.29 is 4.79 Å². The molecule has 6 nitrogen and oxygen atoms in total. The molecule has 2 aromatic heterocycles. The SMILES string of the molecule is CC[C@@H](C)NC(=O)NCCn1c(-c2ccc(C)cc2)nc2cccnc21. The van der Waals surface area contributed by atoms with Crippen LogP contribution in [0.1, 0.15) is 25.8 Å². The average molecular weight is 351 g/mol. The summed E-state index contributed by atoms with van der Waals surface area (Å²) in [5, 5.41) is 5.82. The minimum Gasteiger partial charge on any atom is -0.336 e. The number of amides is 2. The van der Waals surface area contributed by atoms with Gasteiger partial charge in [0.2, 0.25) is 0 Å². The Morgan fingerprint density at radius 3 is 2.73 bits per heavy atom. The molecule has 0 aliphatic heterocycles. The second-order valence-corrected chi connectivity index (χ2v) is 6.51. The second kappa shape index (κ2) is 7.99. The van der Waals surface area contributed by atoms with Crippen LogP contribution in [-0.2, 0) is 6.54 Å². The Bertz CT molecular complexity index is 885. The molecule has 136 valence electrons. The fourth-order valence-electron chi connectivity index (χ4n) is 2.75. The molecular weight excluding hydrogens is 326 g/mol. The van der Waals surface area contributed by atoms with Crippen molar-refractivity contribution >= 4 is 17.2 Å². The summed E-state index contributed by atoms with van der Waals surface area (Å²) in [6.07, 6.45) is 2.67. The van der Waals surface area contributed by atoms with Crippen molar-refractivity contribution in [3.63, 3.8) is 0 Å². The standard InChI is InChI=1S/C20H25N5O/c1-4-15(3)23-20(26)22-12-13-25-18(16-9-7-14(2)8-10-16)24-17-6-5-11-21-19(17)25/h5-11,15H,4,12-13H2,1-3H3,(H2,22,23,26)/t15-/m1/s1. The summed E-state index contributed by atoms with van der Waals surface area (Å²) in [5.41, 5.74) is 3.93. The van der Waals surface area contributed by atoms with E-state index in [0.29, 0.717) is 13.1 Å². The summed E-state index contributed by atoms with van der Waals surface area (Å²) in [4.78, 5) is 21.2. The Balaban J connectivity index is 1.81. The van der Waals surface area contributed by atoms with Gasteiger partial charge in [0.25, 0.3) is 0 Å². The number of carbonyl (C=O) groups excluding carboxylic acids is 1. The summed E-state index contributed by atoms with van der Waals surface area (Å²) in [6.45, 7) is 7.20. The van der Waals surface area contributed by atoms with Crippen molar-refractivity contribution in [3.05, 3.63) is 48.2 Å². The van der Waals surface area contributed by atoms with E-state index in [-0.39, 0.29) is 12.1 Å². The van der Waals surface area contributed by atoms with Crippen molar-refractivity contribution in [2.75, 3.05) is 6.54 Å². The molecule has 0 bridgehead atoms. The van der Waals surface area contributed by atoms with E-state index in [9.17, 15) is 4.79 Å². The number of pyridine rings is 1. The van der Waals surface area contributed by atoms with Gasteiger partial charge in [-0.1, -0.05) is 36.8 Å². The Labute approximate surface area is 153 Å². The zero-order valence-electron chi connectivity index (χ0n) is 15.5. The van der Waals surface area contributed by atoms with E-state index in [4.69, 9.17) is 4.98 Å². The van der Waals surface area contributed by atoms with Crippen LogP contribution in [-0.4, -0.2) is 33.2 Å². The lowest BCUT2D eigenvalue weighted by atomic mass is 10.1. The van der Waals surface area contributed by atoms with E-state index < -0.39 is 0 Å². The molecule has 2 N–H and O–H groups in total. The molecule has 2 amide bonds. The number of imidazole rings is 1. The second-order valence-electron chi connectivity index (χ2n) is 6.51. The monoisotopic (exact) mass is 351 g/mol. The fourth-order valence-corrected chi connectivity index (χ4v) is 2.75. The number of benzene rings is 1. The molecule has 26 heavy (non-hydrogen) atoms. The van der Waals surface area contributed by atoms with Gasteiger partial charge in [-0.2, -0.15) is 0 Å². The lowest BCUT2D eigenvalue weighted by molar-refractivity contribution is 0.237. The predicted octanol–water partition coefficient (Wildman–Crippen LogP) is 3.50. The summed E-state index contributed by atoms with van der Waals surface area (Å²) < 4.78 is 2.06. The maximum Gasteiger partial charge on any atom is 0.315 e. The number of hydrogen-bond donors (Lipinski definition) is 2.